The van der Waals surface area contributed by atoms with Crippen molar-refractivity contribution < 1.29 is 12.8 Å². The molecule has 13 heavy (non-hydrogen) atoms. The molecular formula is C7H6ClFO2S2. The molecule has 0 radical (unpaired) electrons. The maximum Gasteiger partial charge on any atom is 0.265 e. The van der Waals surface area contributed by atoms with Crippen LogP contribution in [0.3, 0.4) is 0 Å². The Morgan fingerprint density at radius 1 is 1.46 bits per heavy atom. The van der Waals surface area contributed by atoms with E-state index in [0.717, 1.165) is 17.8 Å². The summed E-state index contributed by atoms with van der Waals surface area (Å²) in [4.78, 5) is -0.126. The number of hydrogen-bond acceptors (Lipinski definition) is 3. The first-order chi connectivity index (χ1) is 5.96. The minimum Gasteiger partial charge on any atom is -0.207 e. The van der Waals surface area contributed by atoms with Crippen molar-refractivity contribution in [3.63, 3.8) is 0 Å². The lowest BCUT2D eigenvalue weighted by atomic mass is 10.3. The summed E-state index contributed by atoms with van der Waals surface area (Å²) in [6.45, 7) is 0. The normalized spacial score (nSPS) is 11.6. The Labute approximate surface area is 84.5 Å². The van der Waals surface area contributed by atoms with Crippen molar-refractivity contribution in [1.29, 1.82) is 0 Å². The van der Waals surface area contributed by atoms with Crippen LogP contribution < -0.4 is 0 Å². The van der Waals surface area contributed by atoms with Crippen molar-refractivity contribution in [2.75, 3.05) is 6.26 Å². The molecular weight excluding hydrogens is 235 g/mol. The third-order valence-corrected chi connectivity index (χ3v) is 3.67. The van der Waals surface area contributed by atoms with Crippen LogP contribution in [-0.2, 0) is 9.05 Å². The van der Waals surface area contributed by atoms with Gasteiger partial charge in [-0.2, -0.15) is 0 Å². The number of hydrogen-bond donors (Lipinski definition) is 0. The van der Waals surface area contributed by atoms with Crippen LogP contribution in [0.15, 0.2) is 28.0 Å². The summed E-state index contributed by atoms with van der Waals surface area (Å²) in [5.41, 5.74) is 0. The highest BCUT2D eigenvalue weighted by molar-refractivity contribution is 8.14. The Balaban J connectivity index is 3.50. The smallest absolute Gasteiger partial charge is 0.207 e. The standard InChI is InChI=1S/C7H6ClFO2S2/c1-12-6-4-2-3-5(9)7(6)13(8,10)11/h2-4H,1H3. The summed E-state index contributed by atoms with van der Waals surface area (Å²) >= 11 is 1.13. The van der Waals surface area contributed by atoms with Crippen LogP contribution in [-0.4, -0.2) is 14.7 Å². The molecule has 72 valence electrons. The maximum atomic E-state index is 13.1. The van der Waals surface area contributed by atoms with Gasteiger partial charge in [0.15, 0.2) is 0 Å². The maximum absolute atomic E-state index is 13.1. The van der Waals surface area contributed by atoms with Crippen molar-refractivity contribution in [3.05, 3.63) is 24.0 Å². The van der Waals surface area contributed by atoms with E-state index in [1.54, 1.807) is 6.26 Å². The quantitative estimate of drug-likeness (QED) is 0.588. The minimum atomic E-state index is -4.00. The molecule has 0 spiro atoms. The Kier molecular flexibility index (Phi) is 3.21. The highest BCUT2D eigenvalue weighted by Crippen LogP contribution is 2.29. The molecule has 6 heteroatoms. The molecule has 1 rings (SSSR count). The summed E-state index contributed by atoms with van der Waals surface area (Å²) in [6, 6.07) is 4.00. The molecule has 0 unspecified atom stereocenters. The van der Waals surface area contributed by atoms with Crippen molar-refractivity contribution in [1.82, 2.24) is 0 Å². The van der Waals surface area contributed by atoms with E-state index in [-0.39, 0.29) is 0 Å². The Morgan fingerprint density at radius 2 is 2.08 bits per heavy atom. The Hall–Kier alpha value is -0.260. The summed E-state index contributed by atoms with van der Waals surface area (Å²) < 4.78 is 34.9. The van der Waals surface area contributed by atoms with E-state index in [1.165, 1.54) is 12.1 Å². The number of benzene rings is 1. The van der Waals surface area contributed by atoms with E-state index >= 15 is 0 Å². The fourth-order valence-corrected chi connectivity index (χ4v) is 3.18. The van der Waals surface area contributed by atoms with E-state index in [2.05, 4.69) is 0 Å². The summed E-state index contributed by atoms with van der Waals surface area (Å²) in [7, 11) is 1.07. The molecule has 0 aliphatic carbocycles. The molecule has 0 aromatic heterocycles. The second-order valence-corrected chi connectivity index (χ2v) is 5.56. The number of thioether (sulfide) groups is 1. The zero-order valence-electron chi connectivity index (χ0n) is 6.62. The molecule has 0 amide bonds. The summed E-state index contributed by atoms with van der Waals surface area (Å²) in [5.74, 6) is -0.818. The molecule has 2 nitrogen and oxygen atoms in total. The van der Waals surface area contributed by atoms with Gasteiger partial charge in [-0.25, -0.2) is 12.8 Å². The number of halogens is 2. The Bertz CT molecular complexity index is 417. The van der Waals surface area contributed by atoms with Crippen LogP contribution in [0.25, 0.3) is 0 Å². The van der Waals surface area contributed by atoms with Gasteiger partial charge in [0.25, 0.3) is 9.05 Å². The van der Waals surface area contributed by atoms with Gasteiger partial charge >= 0.3 is 0 Å². The molecule has 0 bridgehead atoms. The van der Waals surface area contributed by atoms with Crippen LogP contribution in [0.5, 0.6) is 0 Å². The summed E-state index contributed by atoms with van der Waals surface area (Å²) in [6.07, 6.45) is 1.65. The zero-order valence-corrected chi connectivity index (χ0v) is 9.01. The molecule has 0 heterocycles. The SMILES string of the molecule is CSc1cccc(F)c1S(=O)(=O)Cl. The molecule has 0 atom stereocenters. The van der Waals surface area contributed by atoms with Gasteiger partial charge in [0.1, 0.15) is 10.7 Å². The van der Waals surface area contributed by atoms with Gasteiger partial charge in [-0.1, -0.05) is 6.07 Å². The van der Waals surface area contributed by atoms with Crippen LogP contribution in [0, 0.1) is 5.82 Å². The van der Waals surface area contributed by atoms with E-state index < -0.39 is 19.8 Å². The predicted molar refractivity (Wildman–Crippen MR) is 51.2 cm³/mol. The van der Waals surface area contributed by atoms with Crippen molar-refractivity contribution in [3.8, 4) is 0 Å². The van der Waals surface area contributed by atoms with Crippen LogP contribution in [0.1, 0.15) is 0 Å². The van der Waals surface area contributed by atoms with Gasteiger partial charge in [0.2, 0.25) is 0 Å². The average Bonchev–Trinajstić information content (AvgIpc) is 2.01. The van der Waals surface area contributed by atoms with Gasteiger partial charge in [0.05, 0.1) is 0 Å². The van der Waals surface area contributed by atoms with E-state index in [9.17, 15) is 12.8 Å². The molecule has 0 fully saturated rings. The highest BCUT2D eigenvalue weighted by atomic mass is 35.7. The molecule has 0 aliphatic rings. The molecule has 0 N–H and O–H groups in total. The fourth-order valence-electron chi connectivity index (χ4n) is 0.886. The highest BCUT2D eigenvalue weighted by Gasteiger charge is 2.19. The largest absolute Gasteiger partial charge is 0.265 e. The molecule has 1 aromatic carbocycles. The monoisotopic (exact) mass is 240 g/mol. The first-order valence-electron chi connectivity index (χ1n) is 3.24. The third-order valence-electron chi connectivity index (χ3n) is 1.39. The average molecular weight is 241 g/mol. The van der Waals surface area contributed by atoms with Crippen LogP contribution in [0.2, 0.25) is 0 Å². The van der Waals surface area contributed by atoms with E-state index in [4.69, 9.17) is 10.7 Å². The van der Waals surface area contributed by atoms with Crippen LogP contribution >= 0.6 is 22.4 Å². The molecule has 0 saturated heterocycles. The van der Waals surface area contributed by atoms with E-state index in [0.29, 0.717) is 4.90 Å². The van der Waals surface area contributed by atoms with Gasteiger partial charge < -0.3 is 0 Å². The minimum absolute atomic E-state index is 0.315. The van der Waals surface area contributed by atoms with Gasteiger partial charge in [-0.15, -0.1) is 11.8 Å². The summed E-state index contributed by atoms with van der Waals surface area (Å²) in [5, 5.41) is 0. The van der Waals surface area contributed by atoms with Crippen molar-refractivity contribution >= 4 is 31.5 Å². The van der Waals surface area contributed by atoms with Gasteiger partial charge in [-0.3, -0.25) is 0 Å². The van der Waals surface area contributed by atoms with Gasteiger partial charge in [-0.05, 0) is 18.4 Å². The second-order valence-electron chi connectivity index (χ2n) is 2.21. The van der Waals surface area contributed by atoms with E-state index in [1.807, 2.05) is 0 Å². The zero-order chi connectivity index (χ0) is 10.1. The lowest BCUT2D eigenvalue weighted by Gasteiger charge is -2.03. The first-order valence-corrected chi connectivity index (χ1v) is 6.77. The van der Waals surface area contributed by atoms with Gasteiger partial charge in [0, 0.05) is 15.6 Å². The van der Waals surface area contributed by atoms with Crippen molar-refractivity contribution in [2.24, 2.45) is 0 Å². The molecule has 1 aromatic rings. The third kappa shape index (κ3) is 2.36. The lowest BCUT2D eigenvalue weighted by molar-refractivity contribution is 0.568. The number of rotatable bonds is 2. The van der Waals surface area contributed by atoms with Crippen molar-refractivity contribution in [2.45, 2.75) is 9.79 Å². The molecule has 0 aliphatic heterocycles. The second kappa shape index (κ2) is 3.86. The predicted octanol–water partition coefficient (Wildman–Crippen LogP) is 2.48. The fraction of sp³-hybridized carbons (Fsp3) is 0.143. The molecule has 0 saturated carbocycles. The lowest BCUT2D eigenvalue weighted by Crippen LogP contribution is -1.97. The Morgan fingerprint density at radius 3 is 2.46 bits per heavy atom. The topological polar surface area (TPSA) is 34.1 Å². The van der Waals surface area contributed by atoms with Crippen LogP contribution in [0.4, 0.5) is 4.39 Å². The first kappa shape index (κ1) is 10.8.